The first-order chi connectivity index (χ1) is 19.0. The van der Waals surface area contributed by atoms with Crippen molar-refractivity contribution in [3.63, 3.8) is 0 Å². The Morgan fingerprint density at radius 3 is 1.07 bits per heavy atom. The van der Waals surface area contributed by atoms with Gasteiger partial charge in [0.1, 0.15) is 22.4 Å². The molecule has 0 aromatic heterocycles. The molecule has 0 aliphatic carbocycles. The van der Waals surface area contributed by atoms with Crippen molar-refractivity contribution in [3.8, 4) is 0 Å². The molecule has 0 radical (unpaired) electrons. The van der Waals surface area contributed by atoms with Crippen molar-refractivity contribution in [2.45, 2.75) is 118 Å². The van der Waals surface area contributed by atoms with Gasteiger partial charge in [0, 0.05) is 39.3 Å². The summed E-state index contributed by atoms with van der Waals surface area (Å²) >= 11 is 0. The summed E-state index contributed by atoms with van der Waals surface area (Å²) in [6, 6.07) is 0. The zero-order valence-corrected chi connectivity index (χ0v) is 28.0. The maximum atomic E-state index is 12.8. The van der Waals surface area contributed by atoms with Crippen LogP contribution in [0.1, 0.15) is 95.9 Å². The van der Waals surface area contributed by atoms with Crippen LogP contribution in [0.25, 0.3) is 0 Å². The Bertz CT molecular complexity index is 821. The predicted octanol–water partition coefficient (Wildman–Crippen LogP) is 5.85. The summed E-state index contributed by atoms with van der Waals surface area (Å²) in [6.45, 7) is 23.3. The Hall–Kier alpha value is -3.18. The predicted molar refractivity (Wildman–Crippen MR) is 162 cm³/mol. The van der Waals surface area contributed by atoms with Crippen molar-refractivity contribution in [1.82, 2.24) is 20.4 Å². The third-order valence-electron chi connectivity index (χ3n) is 4.67. The molecule has 42 heavy (non-hydrogen) atoms. The maximum Gasteiger partial charge on any atom is 0.410 e. The molecule has 0 saturated heterocycles. The molecule has 0 heterocycles. The van der Waals surface area contributed by atoms with E-state index in [1.165, 1.54) is 9.80 Å². The lowest BCUT2D eigenvalue weighted by molar-refractivity contribution is 0.0251. The summed E-state index contributed by atoms with van der Waals surface area (Å²) in [5.74, 6) is 0. The first-order valence-electron chi connectivity index (χ1n) is 14.5. The standard InChI is InChI=1S/C30H56N4O8/c1-27(2,3)39-23(35)31-17-15-21-33(25(37)41-29(7,8)9)19-13-14-20-34(26(38)42-30(10,11)12)22-16-18-32-24(36)40-28(4,5)6/h13-14H,15-22H2,1-12H3,(H,31,35)(H,32,36)/b14-13+. The van der Waals surface area contributed by atoms with Crippen molar-refractivity contribution < 1.29 is 38.1 Å². The molecule has 0 aliphatic rings. The van der Waals surface area contributed by atoms with Crippen LogP contribution in [-0.2, 0) is 18.9 Å². The minimum Gasteiger partial charge on any atom is -0.444 e. The topological polar surface area (TPSA) is 136 Å². The highest BCUT2D eigenvalue weighted by atomic mass is 16.6. The lowest BCUT2D eigenvalue weighted by Crippen LogP contribution is -2.40. The van der Waals surface area contributed by atoms with Gasteiger partial charge in [0.25, 0.3) is 0 Å². The highest BCUT2D eigenvalue weighted by Gasteiger charge is 2.23. The lowest BCUT2D eigenvalue weighted by Gasteiger charge is -2.27. The van der Waals surface area contributed by atoms with Gasteiger partial charge in [-0.2, -0.15) is 0 Å². The fourth-order valence-corrected chi connectivity index (χ4v) is 3.12. The highest BCUT2D eigenvalue weighted by Crippen LogP contribution is 2.12. The Labute approximate surface area is 252 Å². The first-order valence-corrected chi connectivity index (χ1v) is 14.5. The van der Waals surface area contributed by atoms with Crippen LogP contribution in [0.3, 0.4) is 0 Å². The molecule has 0 unspecified atom stereocenters. The first kappa shape index (κ1) is 38.8. The van der Waals surface area contributed by atoms with Crippen LogP contribution >= 0.6 is 0 Å². The third kappa shape index (κ3) is 22.5. The van der Waals surface area contributed by atoms with E-state index >= 15 is 0 Å². The fourth-order valence-electron chi connectivity index (χ4n) is 3.12. The molecule has 0 aromatic carbocycles. The monoisotopic (exact) mass is 600 g/mol. The van der Waals surface area contributed by atoms with Gasteiger partial charge in [-0.3, -0.25) is 0 Å². The van der Waals surface area contributed by atoms with E-state index in [4.69, 9.17) is 18.9 Å². The number of amides is 4. The quantitative estimate of drug-likeness (QED) is 0.162. The Kier molecular flexibility index (Phi) is 15.8. The number of carbonyl (C=O) groups excluding carboxylic acids is 4. The third-order valence-corrected chi connectivity index (χ3v) is 4.67. The minimum atomic E-state index is -0.672. The van der Waals surface area contributed by atoms with Gasteiger partial charge in [-0.1, -0.05) is 12.2 Å². The van der Waals surface area contributed by atoms with Gasteiger partial charge >= 0.3 is 24.4 Å². The number of nitrogens with one attached hydrogen (secondary N) is 2. The van der Waals surface area contributed by atoms with Gasteiger partial charge in [0.15, 0.2) is 0 Å². The molecule has 4 amide bonds. The Morgan fingerprint density at radius 2 is 0.810 bits per heavy atom. The van der Waals surface area contributed by atoms with E-state index in [1.54, 1.807) is 95.2 Å². The zero-order valence-electron chi connectivity index (χ0n) is 28.0. The Morgan fingerprint density at radius 1 is 0.524 bits per heavy atom. The molecule has 0 bridgehead atoms. The van der Waals surface area contributed by atoms with Gasteiger partial charge in [0.05, 0.1) is 0 Å². The number of rotatable bonds is 12. The second-order valence-electron chi connectivity index (χ2n) is 13.9. The van der Waals surface area contributed by atoms with Crippen LogP contribution in [0.15, 0.2) is 12.2 Å². The number of hydrogen-bond acceptors (Lipinski definition) is 8. The zero-order chi connectivity index (χ0) is 32.8. The van der Waals surface area contributed by atoms with E-state index in [1.807, 2.05) is 0 Å². The summed E-state index contributed by atoms with van der Waals surface area (Å²) in [5, 5.41) is 5.37. The van der Waals surface area contributed by atoms with Gasteiger partial charge in [-0.15, -0.1) is 0 Å². The second kappa shape index (κ2) is 17.1. The molecule has 2 N–H and O–H groups in total. The number of nitrogens with zero attached hydrogens (tertiary/aromatic N) is 2. The molecule has 0 spiro atoms. The second-order valence-corrected chi connectivity index (χ2v) is 13.9. The van der Waals surface area contributed by atoms with E-state index < -0.39 is 46.8 Å². The Balaban J connectivity index is 5.18. The van der Waals surface area contributed by atoms with Crippen LogP contribution in [-0.4, -0.2) is 95.8 Å². The molecule has 0 rings (SSSR count). The van der Waals surface area contributed by atoms with E-state index in [9.17, 15) is 19.2 Å². The summed E-state index contributed by atoms with van der Waals surface area (Å²) in [5.41, 5.74) is -2.54. The molecular weight excluding hydrogens is 544 g/mol. The molecule has 0 atom stereocenters. The van der Waals surface area contributed by atoms with Crippen LogP contribution in [0.2, 0.25) is 0 Å². The van der Waals surface area contributed by atoms with E-state index in [2.05, 4.69) is 10.6 Å². The molecule has 12 heteroatoms. The number of carbonyl (C=O) groups is 4. The van der Waals surface area contributed by atoms with Gasteiger partial charge in [0.2, 0.25) is 0 Å². The van der Waals surface area contributed by atoms with E-state index in [0.29, 0.717) is 39.0 Å². The van der Waals surface area contributed by atoms with Crippen LogP contribution in [0.5, 0.6) is 0 Å². The van der Waals surface area contributed by atoms with E-state index in [0.717, 1.165) is 0 Å². The lowest BCUT2D eigenvalue weighted by atomic mass is 10.2. The summed E-state index contributed by atoms with van der Waals surface area (Å²) in [4.78, 5) is 52.5. The number of ether oxygens (including phenoxy) is 4. The summed E-state index contributed by atoms with van der Waals surface area (Å²) in [6.07, 6.45) is 2.53. The number of hydrogen-bond donors (Lipinski definition) is 2. The van der Waals surface area contributed by atoms with Crippen molar-refractivity contribution >= 4 is 24.4 Å². The number of alkyl carbamates (subject to hydrolysis) is 2. The molecule has 0 fully saturated rings. The normalized spacial score (nSPS) is 12.4. The van der Waals surface area contributed by atoms with Crippen molar-refractivity contribution in [1.29, 1.82) is 0 Å². The molecule has 12 nitrogen and oxygen atoms in total. The maximum absolute atomic E-state index is 12.8. The smallest absolute Gasteiger partial charge is 0.410 e. The van der Waals surface area contributed by atoms with E-state index in [-0.39, 0.29) is 13.1 Å². The van der Waals surface area contributed by atoms with Crippen LogP contribution in [0.4, 0.5) is 19.2 Å². The van der Waals surface area contributed by atoms with Crippen molar-refractivity contribution in [3.05, 3.63) is 12.2 Å². The van der Waals surface area contributed by atoms with Crippen molar-refractivity contribution in [2.75, 3.05) is 39.3 Å². The van der Waals surface area contributed by atoms with Crippen molar-refractivity contribution in [2.24, 2.45) is 0 Å². The van der Waals surface area contributed by atoms with Gasteiger partial charge < -0.3 is 39.4 Å². The molecule has 0 aromatic rings. The minimum absolute atomic E-state index is 0.240. The molecule has 0 saturated carbocycles. The largest absolute Gasteiger partial charge is 0.444 e. The van der Waals surface area contributed by atoms with Crippen LogP contribution in [0, 0.1) is 0 Å². The fraction of sp³-hybridized carbons (Fsp3) is 0.800. The summed E-state index contributed by atoms with van der Waals surface area (Å²) < 4.78 is 21.6. The highest BCUT2D eigenvalue weighted by molar-refractivity contribution is 5.69. The SMILES string of the molecule is CC(C)(C)OC(=O)NCCCN(C/C=C/CN(CCCNC(=O)OC(C)(C)C)C(=O)OC(C)(C)C)C(=O)OC(C)(C)C. The average Bonchev–Trinajstić information content (AvgIpc) is 2.74. The van der Waals surface area contributed by atoms with Crippen LogP contribution < -0.4 is 10.6 Å². The summed E-state index contributed by atoms with van der Waals surface area (Å²) in [7, 11) is 0. The average molecular weight is 601 g/mol. The molecule has 0 aliphatic heterocycles. The van der Waals surface area contributed by atoms with Gasteiger partial charge in [-0.05, 0) is 95.9 Å². The molecule has 244 valence electrons. The molecular formula is C30H56N4O8. The van der Waals surface area contributed by atoms with Gasteiger partial charge in [-0.25, -0.2) is 19.2 Å².